The van der Waals surface area contributed by atoms with E-state index in [-0.39, 0.29) is 5.91 Å². The van der Waals surface area contributed by atoms with Crippen molar-refractivity contribution in [3.8, 4) is 5.75 Å². The van der Waals surface area contributed by atoms with Crippen molar-refractivity contribution in [2.75, 3.05) is 13.2 Å². The van der Waals surface area contributed by atoms with E-state index < -0.39 is 0 Å². The van der Waals surface area contributed by atoms with Gasteiger partial charge < -0.3 is 10.1 Å². The van der Waals surface area contributed by atoms with Crippen LogP contribution in [-0.2, 0) is 11.2 Å². The molecule has 0 aliphatic heterocycles. The van der Waals surface area contributed by atoms with Crippen molar-refractivity contribution >= 4 is 17.5 Å². The third-order valence-electron chi connectivity index (χ3n) is 3.25. The van der Waals surface area contributed by atoms with Gasteiger partial charge in [-0.05, 0) is 36.6 Å². The summed E-state index contributed by atoms with van der Waals surface area (Å²) >= 11 is 6.04. The van der Waals surface area contributed by atoms with Crippen LogP contribution in [0.2, 0.25) is 5.02 Å². The van der Waals surface area contributed by atoms with Crippen LogP contribution in [0.4, 0.5) is 0 Å². The summed E-state index contributed by atoms with van der Waals surface area (Å²) in [5.74, 6) is 0.683. The molecule has 2 aromatic carbocycles. The highest BCUT2D eigenvalue weighted by atomic mass is 35.5. The summed E-state index contributed by atoms with van der Waals surface area (Å²) < 4.78 is 5.58. The largest absolute Gasteiger partial charge is 0.490 e. The highest BCUT2D eigenvalue weighted by Gasteiger charge is 2.04. The quantitative estimate of drug-likeness (QED) is 0.789. The molecule has 116 valence electrons. The van der Waals surface area contributed by atoms with E-state index in [9.17, 15) is 4.79 Å². The number of amides is 1. The zero-order valence-corrected chi connectivity index (χ0v) is 13.4. The van der Waals surface area contributed by atoms with Crippen LogP contribution in [0.1, 0.15) is 17.5 Å². The van der Waals surface area contributed by atoms with Crippen molar-refractivity contribution in [2.24, 2.45) is 0 Å². The first-order chi connectivity index (χ1) is 10.6. The Kier molecular flexibility index (Phi) is 6.28. The van der Waals surface area contributed by atoms with Crippen LogP contribution in [0.15, 0.2) is 48.5 Å². The molecule has 0 bridgehead atoms. The number of nitrogens with one attached hydrogen (secondary N) is 1. The van der Waals surface area contributed by atoms with E-state index in [2.05, 4.69) is 5.32 Å². The predicted molar refractivity (Wildman–Crippen MR) is 89.5 cm³/mol. The van der Waals surface area contributed by atoms with Gasteiger partial charge in [-0.1, -0.05) is 48.0 Å². The van der Waals surface area contributed by atoms with E-state index in [1.807, 2.05) is 55.5 Å². The molecule has 22 heavy (non-hydrogen) atoms. The number of hydrogen-bond acceptors (Lipinski definition) is 2. The van der Waals surface area contributed by atoms with E-state index in [1.165, 1.54) is 5.56 Å². The summed E-state index contributed by atoms with van der Waals surface area (Å²) in [5, 5.41) is 3.43. The summed E-state index contributed by atoms with van der Waals surface area (Å²) in [6.45, 7) is 2.85. The Balaban J connectivity index is 1.66. The van der Waals surface area contributed by atoms with Gasteiger partial charge in [-0.15, -0.1) is 0 Å². The lowest BCUT2D eigenvalue weighted by Gasteiger charge is -2.10. The van der Waals surface area contributed by atoms with Gasteiger partial charge in [0.15, 0.2) is 0 Å². The summed E-state index contributed by atoms with van der Waals surface area (Å²) in [7, 11) is 0. The number of carbonyl (C=O) groups excluding carboxylic acids is 1. The Bertz CT molecular complexity index is 614. The van der Waals surface area contributed by atoms with Gasteiger partial charge in [0.05, 0.1) is 11.6 Å². The molecule has 0 atom stereocenters. The van der Waals surface area contributed by atoms with Crippen molar-refractivity contribution < 1.29 is 9.53 Å². The lowest BCUT2D eigenvalue weighted by atomic mass is 10.1. The third kappa shape index (κ3) is 5.41. The van der Waals surface area contributed by atoms with E-state index in [0.29, 0.717) is 30.3 Å². The molecular formula is C18H20ClNO2. The zero-order valence-electron chi connectivity index (χ0n) is 12.6. The molecule has 0 radical (unpaired) electrons. The topological polar surface area (TPSA) is 38.3 Å². The number of ether oxygens (including phenoxy) is 1. The molecule has 1 N–H and O–H groups in total. The van der Waals surface area contributed by atoms with Gasteiger partial charge in [-0.25, -0.2) is 0 Å². The number of benzene rings is 2. The monoisotopic (exact) mass is 317 g/mol. The summed E-state index contributed by atoms with van der Waals surface area (Å²) in [4.78, 5) is 11.8. The first kappa shape index (κ1) is 16.4. The SMILES string of the molecule is Cc1ccc(Cl)c(OCCNC(=O)CCc2ccccc2)c1. The Labute approximate surface area is 136 Å². The molecule has 0 aromatic heterocycles. The van der Waals surface area contributed by atoms with Crippen LogP contribution in [0.25, 0.3) is 0 Å². The number of rotatable bonds is 7. The van der Waals surface area contributed by atoms with Crippen molar-refractivity contribution in [1.29, 1.82) is 0 Å². The molecule has 0 spiro atoms. The molecule has 0 fully saturated rings. The van der Waals surface area contributed by atoms with Crippen LogP contribution in [-0.4, -0.2) is 19.1 Å². The van der Waals surface area contributed by atoms with E-state index >= 15 is 0 Å². The van der Waals surface area contributed by atoms with Crippen molar-refractivity contribution in [3.63, 3.8) is 0 Å². The number of carbonyl (C=O) groups is 1. The van der Waals surface area contributed by atoms with Crippen molar-refractivity contribution in [3.05, 3.63) is 64.7 Å². The number of hydrogen-bond donors (Lipinski definition) is 1. The normalized spacial score (nSPS) is 10.3. The molecular weight excluding hydrogens is 298 g/mol. The first-order valence-corrected chi connectivity index (χ1v) is 7.72. The summed E-state index contributed by atoms with van der Waals surface area (Å²) in [6, 6.07) is 15.6. The van der Waals surface area contributed by atoms with E-state index in [1.54, 1.807) is 0 Å². The van der Waals surface area contributed by atoms with Gasteiger partial charge >= 0.3 is 0 Å². The fourth-order valence-corrected chi connectivity index (χ4v) is 2.24. The molecule has 1 amide bonds. The van der Waals surface area contributed by atoms with Gasteiger partial charge in [-0.2, -0.15) is 0 Å². The molecule has 0 unspecified atom stereocenters. The lowest BCUT2D eigenvalue weighted by molar-refractivity contribution is -0.121. The van der Waals surface area contributed by atoms with Crippen LogP contribution in [0.3, 0.4) is 0 Å². The number of halogens is 1. The molecule has 0 saturated heterocycles. The maximum absolute atomic E-state index is 11.8. The fourth-order valence-electron chi connectivity index (χ4n) is 2.06. The average molecular weight is 318 g/mol. The molecule has 0 aliphatic carbocycles. The maximum atomic E-state index is 11.8. The van der Waals surface area contributed by atoms with Gasteiger partial charge in [0, 0.05) is 6.42 Å². The standard InChI is InChI=1S/C18H20ClNO2/c1-14-7-9-16(19)17(13-14)22-12-11-20-18(21)10-8-15-5-3-2-4-6-15/h2-7,9,13H,8,10-12H2,1H3,(H,20,21). The minimum absolute atomic E-state index is 0.0304. The van der Waals surface area contributed by atoms with Gasteiger partial charge in [-0.3, -0.25) is 4.79 Å². The zero-order chi connectivity index (χ0) is 15.8. The highest BCUT2D eigenvalue weighted by molar-refractivity contribution is 6.32. The Morgan fingerprint density at radius 1 is 1.18 bits per heavy atom. The smallest absolute Gasteiger partial charge is 0.220 e. The van der Waals surface area contributed by atoms with Gasteiger partial charge in [0.2, 0.25) is 5.91 Å². The van der Waals surface area contributed by atoms with E-state index in [0.717, 1.165) is 12.0 Å². The Hall–Kier alpha value is -2.00. The average Bonchev–Trinajstić information content (AvgIpc) is 2.53. The lowest BCUT2D eigenvalue weighted by Crippen LogP contribution is -2.28. The second-order valence-corrected chi connectivity index (χ2v) is 5.53. The van der Waals surface area contributed by atoms with Crippen molar-refractivity contribution in [2.45, 2.75) is 19.8 Å². The highest BCUT2D eigenvalue weighted by Crippen LogP contribution is 2.24. The van der Waals surface area contributed by atoms with Crippen LogP contribution in [0.5, 0.6) is 5.75 Å². The molecule has 0 saturated carbocycles. The van der Waals surface area contributed by atoms with Crippen LogP contribution < -0.4 is 10.1 Å². The first-order valence-electron chi connectivity index (χ1n) is 7.35. The third-order valence-corrected chi connectivity index (χ3v) is 3.56. The molecule has 4 heteroatoms. The minimum atomic E-state index is 0.0304. The van der Waals surface area contributed by atoms with Gasteiger partial charge in [0.25, 0.3) is 0 Å². The van der Waals surface area contributed by atoms with Crippen LogP contribution in [0, 0.1) is 6.92 Å². The summed E-state index contributed by atoms with van der Waals surface area (Å²) in [5.41, 5.74) is 2.26. The van der Waals surface area contributed by atoms with E-state index in [4.69, 9.17) is 16.3 Å². The maximum Gasteiger partial charge on any atom is 0.220 e. The van der Waals surface area contributed by atoms with Crippen LogP contribution >= 0.6 is 11.6 Å². The molecule has 3 nitrogen and oxygen atoms in total. The minimum Gasteiger partial charge on any atom is -0.490 e. The number of aryl methyl sites for hydroxylation is 2. The Morgan fingerprint density at radius 3 is 2.73 bits per heavy atom. The predicted octanol–water partition coefficient (Wildman–Crippen LogP) is 3.78. The summed E-state index contributed by atoms with van der Waals surface area (Å²) in [6.07, 6.45) is 1.23. The van der Waals surface area contributed by atoms with Gasteiger partial charge in [0.1, 0.15) is 12.4 Å². The molecule has 0 heterocycles. The second-order valence-electron chi connectivity index (χ2n) is 5.12. The van der Waals surface area contributed by atoms with Crippen molar-refractivity contribution in [1.82, 2.24) is 5.32 Å². The second kappa shape index (κ2) is 8.44. The Morgan fingerprint density at radius 2 is 1.95 bits per heavy atom. The molecule has 2 rings (SSSR count). The molecule has 0 aliphatic rings. The molecule has 2 aromatic rings. The fraction of sp³-hybridized carbons (Fsp3) is 0.278.